The van der Waals surface area contributed by atoms with Crippen molar-refractivity contribution in [1.29, 1.82) is 0 Å². The summed E-state index contributed by atoms with van der Waals surface area (Å²) in [6.07, 6.45) is 4.29. The summed E-state index contributed by atoms with van der Waals surface area (Å²) in [5.74, 6) is -0.394. The molecule has 1 aliphatic rings. The van der Waals surface area contributed by atoms with Gasteiger partial charge in [-0.2, -0.15) is 5.10 Å². The first kappa shape index (κ1) is 24.0. The number of aromatic nitrogens is 2. The summed E-state index contributed by atoms with van der Waals surface area (Å²) < 4.78 is 15.1. The third-order valence-corrected chi connectivity index (χ3v) is 6.52. The molecule has 0 radical (unpaired) electrons. The van der Waals surface area contributed by atoms with Gasteiger partial charge in [-0.25, -0.2) is 9.07 Å². The van der Waals surface area contributed by atoms with Gasteiger partial charge in [-0.05, 0) is 60.2 Å². The third kappa shape index (κ3) is 5.56. The quantitative estimate of drug-likeness (QED) is 0.336. The lowest BCUT2D eigenvalue weighted by Gasteiger charge is -2.34. The maximum atomic E-state index is 13.6. The Kier molecular flexibility index (Phi) is 7.26. The first-order valence-electron chi connectivity index (χ1n) is 11.9. The zero-order valence-electron chi connectivity index (χ0n) is 19.7. The molecule has 0 aliphatic carbocycles. The molecule has 36 heavy (non-hydrogen) atoms. The number of rotatable bonds is 6. The molecule has 0 atom stereocenters. The van der Waals surface area contributed by atoms with Crippen LogP contribution in [0.5, 0.6) is 0 Å². The van der Waals surface area contributed by atoms with Crippen molar-refractivity contribution in [3.05, 3.63) is 113 Å². The van der Waals surface area contributed by atoms with Crippen LogP contribution in [0.15, 0.2) is 91.0 Å². The minimum absolute atomic E-state index is 0.0784. The van der Waals surface area contributed by atoms with Gasteiger partial charge in [0.2, 0.25) is 0 Å². The van der Waals surface area contributed by atoms with Crippen molar-refractivity contribution in [1.82, 2.24) is 19.6 Å². The molecule has 0 spiro atoms. The molecule has 1 amide bonds. The van der Waals surface area contributed by atoms with Crippen molar-refractivity contribution in [2.24, 2.45) is 0 Å². The molecular formula is C29H26ClFN4O. The number of hydrogen-bond donors (Lipinski definition) is 0. The highest BCUT2D eigenvalue weighted by molar-refractivity contribution is 6.30. The van der Waals surface area contributed by atoms with E-state index in [9.17, 15) is 9.18 Å². The number of amides is 1. The van der Waals surface area contributed by atoms with Gasteiger partial charge in [0.05, 0.1) is 11.4 Å². The monoisotopic (exact) mass is 500 g/mol. The van der Waals surface area contributed by atoms with Crippen LogP contribution in [0.2, 0.25) is 5.02 Å². The summed E-state index contributed by atoms with van der Waals surface area (Å²) in [5.41, 5.74) is 3.74. The maximum absolute atomic E-state index is 13.6. The van der Waals surface area contributed by atoms with E-state index in [-0.39, 0.29) is 11.7 Å². The van der Waals surface area contributed by atoms with E-state index in [1.807, 2.05) is 35.2 Å². The summed E-state index contributed by atoms with van der Waals surface area (Å²) in [5, 5.41) is 5.30. The standard InChI is InChI=1S/C29H26ClFN4O/c30-24-10-14-26(15-11-24)35-28(21-27(32-35)23-8-12-25(31)13-9-23)29(36)34-19-17-33(18-20-34)16-4-7-22-5-2-1-3-6-22/h1-15,21H,16-20H2/b7-4+. The van der Waals surface area contributed by atoms with Gasteiger partial charge in [0.15, 0.2) is 0 Å². The number of piperazine rings is 1. The lowest BCUT2D eigenvalue weighted by Crippen LogP contribution is -2.49. The second kappa shape index (κ2) is 10.9. The molecular weight excluding hydrogens is 475 g/mol. The van der Waals surface area contributed by atoms with Crippen LogP contribution in [0, 0.1) is 5.82 Å². The van der Waals surface area contributed by atoms with Crippen LogP contribution in [0.4, 0.5) is 4.39 Å². The van der Waals surface area contributed by atoms with Crippen molar-refractivity contribution in [3.63, 3.8) is 0 Å². The summed E-state index contributed by atoms with van der Waals surface area (Å²) >= 11 is 6.07. The minimum atomic E-state index is -0.316. The molecule has 1 saturated heterocycles. The molecule has 5 nitrogen and oxygen atoms in total. The highest BCUT2D eigenvalue weighted by atomic mass is 35.5. The smallest absolute Gasteiger partial charge is 0.272 e. The fraction of sp³-hybridized carbons (Fsp3) is 0.172. The number of carbonyl (C=O) groups is 1. The van der Waals surface area contributed by atoms with Gasteiger partial charge in [0, 0.05) is 43.3 Å². The molecule has 0 bridgehead atoms. The van der Waals surface area contributed by atoms with Gasteiger partial charge in [-0.1, -0.05) is 54.1 Å². The minimum Gasteiger partial charge on any atom is -0.335 e. The van der Waals surface area contributed by atoms with Gasteiger partial charge >= 0.3 is 0 Å². The third-order valence-electron chi connectivity index (χ3n) is 6.27. The molecule has 182 valence electrons. The number of hydrogen-bond acceptors (Lipinski definition) is 3. The Morgan fingerprint density at radius 1 is 0.917 bits per heavy atom. The van der Waals surface area contributed by atoms with E-state index in [4.69, 9.17) is 16.7 Å². The molecule has 1 aliphatic heterocycles. The van der Waals surface area contributed by atoms with Gasteiger partial charge in [0.25, 0.3) is 5.91 Å². The highest BCUT2D eigenvalue weighted by Crippen LogP contribution is 2.24. The van der Waals surface area contributed by atoms with Crippen LogP contribution >= 0.6 is 11.6 Å². The SMILES string of the molecule is O=C(c1cc(-c2ccc(F)cc2)nn1-c1ccc(Cl)cc1)N1CCN(C/C=C/c2ccccc2)CC1. The van der Waals surface area contributed by atoms with Gasteiger partial charge in [-0.15, -0.1) is 0 Å². The van der Waals surface area contributed by atoms with Crippen molar-refractivity contribution in [2.75, 3.05) is 32.7 Å². The predicted octanol–water partition coefficient (Wildman–Crippen LogP) is 5.80. The van der Waals surface area contributed by atoms with Crippen molar-refractivity contribution in [3.8, 4) is 16.9 Å². The molecule has 3 aromatic carbocycles. The first-order valence-corrected chi connectivity index (χ1v) is 12.3. The molecule has 1 aromatic heterocycles. The summed E-state index contributed by atoms with van der Waals surface area (Å²) in [6.45, 7) is 3.70. The second-order valence-corrected chi connectivity index (χ2v) is 9.15. The Morgan fingerprint density at radius 3 is 2.31 bits per heavy atom. The van der Waals surface area contributed by atoms with Crippen LogP contribution in [-0.4, -0.2) is 58.2 Å². The van der Waals surface area contributed by atoms with Gasteiger partial charge < -0.3 is 4.90 Å². The first-order chi connectivity index (χ1) is 17.6. The summed E-state index contributed by atoms with van der Waals surface area (Å²) in [4.78, 5) is 17.8. The molecule has 7 heteroatoms. The lowest BCUT2D eigenvalue weighted by molar-refractivity contribution is 0.0641. The van der Waals surface area contributed by atoms with Crippen molar-refractivity contribution in [2.45, 2.75) is 0 Å². The van der Waals surface area contributed by atoms with Crippen molar-refractivity contribution < 1.29 is 9.18 Å². The topological polar surface area (TPSA) is 41.4 Å². The Hall–Kier alpha value is -3.74. The molecule has 1 fully saturated rings. The maximum Gasteiger partial charge on any atom is 0.272 e. The predicted molar refractivity (Wildman–Crippen MR) is 142 cm³/mol. The zero-order valence-corrected chi connectivity index (χ0v) is 20.5. The second-order valence-electron chi connectivity index (χ2n) is 8.72. The van der Waals surface area contributed by atoms with E-state index >= 15 is 0 Å². The fourth-order valence-corrected chi connectivity index (χ4v) is 4.40. The number of benzene rings is 3. The summed E-state index contributed by atoms with van der Waals surface area (Å²) in [6, 6.07) is 25.3. The number of nitrogens with zero attached hydrogens (tertiary/aromatic N) is 4. The number of carbonyl (C=O) groups excluding carboxylic acids is 1. The zero-order chi connectivity index (χ0) is 24.9. The molecule has 2 heterocycles. The van der Waals surface area contributed by atoms with E-state index in [0.29, 0.717) is 29.5 Å². The molecule has 5 rings (SSSR count). The van der Waals surface area contributed by atoms with Crippen LogP contribution < -0.4 is 0 Å². The average Bonchev–Trinajstić information content (AvgIpc) is 3.36. The molecule has 4 aromatic rings. The molecule has 0 saturated carbocycles. The molecule has 0 unspecified atom stereocenters. The summed E-state index contributed by atoms with van der Waals surface area (Å²) in [7, 11) is 0. The lowest BCUT2D eigenvalue weighted by atomic mass is 10.1. The van der Waals surface area contributed by atoms with E-state index in [0.717, 1.165) is 30.9 Å². The van der Waals surface area contributed by atoms with Gasteiger partial charge in [-0.3, -0.25) is 9.69 Å². The van der Waals surface area contributed by atoms with Crippen molar-refractivity contribution >= 4 is 23.6 Å². The van der Waals surface area contributed by atoms with E-state index < -0.39 is 0 Å². The van der Waals surface area contributed by atoms with E-state index in [1.54, 1.807) is 35.0 Å². The average molecular weight is 501 g/mol. The Labute approximate surface area is 215 Å². The van der Waals surface area contributed by atoms with Gasteiger partial charge in [0.1, 0.15) is 11.5 Å². The Balaban J connectivity index is 1.32. The normalized spacial score (nSPS) is 14.4. The Morgan fingerprint density at radius 2 is 1.61 bits per heavy atom. The van der Waals surface area contributed by atoms with Crippen LogP contribution in [0.3, 0.4) is 0 Å². The Bertz CT molecular complexity index is 1340. The van der Waals surface area contributed by atoms with Crippen LogP contribution in [-0.2, 0) is 0 Å². The largest absolute Gasteiger partial charge is 0.335 e. The van der Waals surface area contributed by atoms with Crippen LogP contribution in [0.1, 0.15) is 16.1 Å². The van der Waals surface area contributed by atoms with Crippen LogP contribution in [0.25, 0.3) is 23.0 Å². The fourth-order valence-electron chi connectivity index (χ4n) is 4.27. The molecule has 0 N–H and O–H groups in total. The van der Waals surface area contributed by atoms with E-state index in [2.05, 4.69) is 29.2 Å². The van der Waals surface area contributed by atoms with E-state index in [1.165, 1.54) is 17.7 Å². The number of halogens is 2. The highest BCUT2D eigenvalue weighted by Gasteiger charge is 2.26.